The molecule has 5 heteroatoms. The van der Waals surface area contributed by atoms with Gasteiger partial charge >= 0.3 is 0 Å². The molecule has 0 unspecified atom stereocenters. The molecular formula is C26H27N3O2. The summed E-state index contributed by atoms with van der Waals surface area (Å²) < 4.78 is 0. The van der Waals surface area contributed by atoms with Gasteiger partial charge in [0.05, 0.1) is 5.41 Å². The van der Waals surface area contributed by atoms with Crippen molar-refractivity contribution in [1.82, 2.24) is 15.2 Å². The minimum absolute atomic E-state index is 0.0187. The second-order valence-corrected chi connectivity index (χ2v) is 8.10. The number of pyridine rings is 1. The molecule has 1 aliphatic rings. The standard InChI is InChI=1S/C26H27N3O2/c1-2-28-25(31)26(13-16-29(19-26)24(30)22-11-14-27-15-12-22)18-20-7-6-10-23(17-20)21-8-4-3-5-9-21/h3-12,14-15,17H,2,13,16,18-19H2,1H3,(H,28,31)/t26-/m0/s1. The number of likely N-dealkylation sites (tertiary alicyclic amines) is 1. The summed E-state index contributed by atoms with van der Waals surface area (Å²) in [5.41, 5.74) is 3.36. The van der Waals surface area contributed by atoms with Crippen LogP contribution in [0.25, 0.3) is 11.1 Å². The van der Waals surface area contributed by atoms with Gasteiger partial charge < -0.3 is 10.2 Å². The van der Waals surface area contributed by atoms with Crippen molar-refractivity contribution in [3.05, 3.63) is 90.3 Å². The van der Waals surface area contributed by atoms with Gasteiger partial charge in [0, 0.05) is 37.6 Å². The highest BCUT2D eigenvalue weighted by atomic mass is 16.2. The van der Waals surface area contributed by atoms with Crippen molar-refractivity contribution in [3.8, 4) is 11.1 Å². The highest BCUT2D eigenvalue weighted by molar-refractivity contribution is 5.95. The van der Waals surface area contributed by atoms with Gasteiger partial charge in [0.25, 0.3) is 5.91 Å². The fraction of sp³-hybridized carbons (Fsp3) is 0.269. The van der Waals surface area contributed by atoms with Crippen LogP contribution in [0.5, 0.6) is 0 Å². The Balaban J connectivity index is 1.59. The van der Waals surface area contributed by atoms with Gasteiger partial charge in [-0.05, 0) is 48.6 Å². The Morgan fingerprint density at radius 2 is 1.74 bits per heavy atom. The molecule has 1 N–H and O–H groups in total. The molecule has 0 radical (unpaired) electrons. The van der Waals surface area contributed by atoms with Crippen molar-refractivity contribution in [2.75, 3.05) is 19.6 Å². The summed E-state index contributed by atoms with van der Waals surface area (Å²) in [5.74, 6) is -0.0308. The van der Waals surface area contributed by atoms with Gasteiger partial charge in [-0.1, -0.05) is 54.6 Å². The minimum Gasteiger partial charge on any atom is -0.356 e. The number of nitrogens with zero attached hydrogens (tertiary/aromatic N) is 2. The number of benzene rings is 2. The molecule has 4 rings (SSSR count). The summed E-state index contributed by atoms with van der Waals surface area (Å²) in [6.45, 7) is 3.48. The summed E-state index contributed by atoms with van der Waals surface area (Å²) >= 11 is 0. The van der Waals surface area contributed by atoms with Gasteiger partial charge in [-0.2, -0.15) is 0 Å². The molecule has 1 saturated heterocycles. The largest absolute Gasteiger partial charge is 0.356 e. The molecule has 0 aliphatic carbocycles. The Morgan fingerprint density at radius 3 is 2.48 bits per heavy atom. The van der Waals surface area contributed by atoms with Crippen LogP contribution in [0.2, 0.25) is 0 Å². The molecule has 1 atom stereocenters. The zero-order valence-electron chi connectivity index (χ0n) is 17.8. The SMILES string of the molecule is CCNC(=O)[C@]1(Cc2cccc(-c3ccccc3)c2)CCN(C(=O)c2ccncc2)C1. The first-order valence-corrected chi connectivity index (χ1v) is 10.7. The van der Waals surface area contributed by atoms with Crippen molar-refractivity contribution < 1.29 is 9.59 Å². The highest BCUT2D eigenvalue weighted by Gasteiger charge is 2.45. The summed E-state index contributed by atoms with van der Waals surface area (Å²) in [6, 6.07) is 22.0. The molecule has 31 heavy (non-hydrogen) atoms. The Hall–Kier alpha value is -3.47. The van der Waals surface area contributed by atoms with Gasteiger partial charge in [-0.15, -0.1) is 0 Å². The third-order valence-corrected chi connectivity index (χ3v) is 5.96. The van der Waals surface area contributed by atoms with Gasteiger partial charge in [0.1, 0.15) is 0 Å². The lowest BCUT2D eigenvalue weighted by atomic mass is 9.79. The number of carbonyl (C=O) groups excluding carboxylic acids is 2. The van der Waals surface area contributed by atoms with Gasteiger partial charge in [-0.3, -0.25) is 14.6 Å². The van der Waals surface area contributed by atoms with Crippen molar-refractivity contribution in [2.24, 2.45) is 5.41 Å². The van der Waals surface area contributed by atoms with Crippen LogP contribution in [-0.2, 0) is 11.2 Å². The highest BCUT2D eigenvalue weighted by Crippen LogP contribution is 2.36. The molecule has 5 nitrogen and oxygen atoms in total. The molecule has 1 aromatic heterocycles. The van der Waals surface area contributed by atoms with E-state index in [4.69, 9.17) is 0 Å². The van der Waals surface area contributed by atoms with Crippen LogP contribution in [0.4, 0.5) is 0 Å². The Kier molecular flexibility index (Phi) is 6.12. The average Bonchev–Trinajstić information content (AvgIpc) is 3.25. The molecular weight excluding hydrogens is 386 g/mol. The van der Waals surface area contributed by atoms with E-state index in [0.717, 1.165) is 16.7 Å². The summed E-state index contributed by atoms with van der Waals surface area (Å²) in [4.78, 5) is 31.9. The van der Waals surface area contributed by atoms with E-state index in [2.05, 4.69) is 40.6 Å². The van der Waals surface area contributed by atoms with E-state index >= 15 is 0 Å². The average molecular weight is 414 g/mol. The number of nitrogens with one attached hydrogen (secondary N) is 1. The zero-order chi connectivity index (χ0) is 21.7. The Morgan fingerprint density at radius 1 is 1.00 bits per heavy atom. The lowest BCUT2D eigenvalue weighted by molar-refractivity contribution is -0.130. The molecule has 1 fully saturated rings. The monoisotopic (exact) mass is 413 g/mol. The quantitative estimate of drug-likeness (QED) is 0.665. The van der Waals surface area contributed by atoms with Gasteiger partial charge in [0.15, 0.2) is 0 Å². The first-order valence-electron chi connectivity index (χ1n) is 10.7. The van der Waals surface area contributed by atoms with E-state index in [0.29, 0.717) is 38.0 Å². The summed E-state index contributed by atoms with van der Waals surface area (Å²) in [5, 5.41) is 3.01. The number of aromatic nitrogens is 1. The first kappa shape index (κ1) is 20.8. The van der Waals surface area contributed by atoms with Crippen LogP contribution >= 0.6 is 0 Å². The van der Waals surface area contributed by atoms with Gasteiger partial charge in [-0.25, -0.2) is 0 Å². The molecule has 158 valence electrons. The van der Waals surface area contributed by atoms with Crippen molar-refractivity contribution >= 4 is 11.8 Å². The van der Waals surface area contributed by atoms with E-state index in [9.17, 15) is 9.59 Å². The summed E-state index contributed by atoms with van der Waals surface area (Å²) in [7, 11) is 0. The molecule has 0 spiro atoms. The number of hydrogen-bond acceptors (Lipinski definition) is 3. The van der Waals surface area contributed by atoms with Crippen LogP contribution in [0, 0.1) is 5.41 Å². The molecule has 0 saturated carbocycles. The van der Waals surface area contributed by atoms with Crippen molar-refractivity contribution in [1.29, 1.82) is 0 Å². The zero-order valence-corrected chi connectivity index (χ0v) is 17.8. The van der Waals surface area contributed by atoms with E-state index in [-0.39, 0.29) is 11.8 Å². The second kappa shape index (κ2) is 9.13. The molecule has 0 bridgehead atoms. The fourth-order valence-corrected chi connectivity index (χ4v) is 4.36. The van der Waals surface area contributed by atoms with Crippen molar-refractivity contribution in [2.45, 2.75) is 19.8 Å². The van der Waals surface area contributed by atoms with E-state index in [1.807, 2.05) is 31.2 Å². The van der Waals surface area contributed by atoms with E-state index in [1.165, 1.54) is 0 Å². The maximum atomic E-state index is 13.2. The number of amides is 2. The lowest BCUT2D eigenvalue weighted by Gasteiger charge is -2.28. The second-order valence-electron chi connectivity index (χ2n) is 8.10. The van der Waals surface area contributed by atoms with Crippen LogP contribution in [0.1, 0.15) is 29.3 Å². The summed E-state index contributed by atoms with van der Waals surface area (Å²) in [6.07, 6.45) is 4.48. The maximum absolute atomic E-state index is 13.2. The Labute approximate surface area is 183 Å². The first-order chi connectivity index (χ1) is 15.1. The minimum atomic E-state index is -0.631. The number of carbonyl (C=O) groups is 2. The molecule has 1 aliphatic heterocycles. The van der Waals surface area contributed by atoms with Crippen LogP contribution < -0.4 is 5.32 Å². The third-order valence-electron chi connectivity index (χ3n) is 5.96. The number of hydrogen-bond donors (Lipinski definition) is 1. The topological polar surface area (TPSA) is 62.3 Å². The van der Waals surface area contributed by atoms with Crippen LogP contribution in [0.15, 0.2) is 79.1 Å². The fourth-order valence-electron chi connectivity index (χ4n) is 4.36. The predicted molar refractivity (Wildman–Crippen MR) is 121 cm³/mol. The lowest BCUT2D eigenvalue weighted by Crippen LogP contribution is -2.45. The van der Waals surface area contributed by atoms with E-state index in [1.54, 1.807) is 29.4 Å². The van der Waals surface area contributed by atoms with Crippen LogP contribution in [0.3, 0.4) is 0 Å². The van der Waals surface area contributed by atoms with E-state index < -0.39 is 5.41 Å². The third kappa shape index (κ3) is 4.50. The Bertz CT molecular complexity index is 1050. The van der Waals surface area contributed by atoms with Crippen molar-refractivity contribution in [3.63, 3.8) is 0 Å². The smallest absolute Gasteiger partial charge is 0.253 e. The maximum Gasteiger partial charge on any atom is 0.253 e. The molecule has 3 aromatic rings. The normalized spacial score (nSPS) is 18.0. The molecule has 2 heterocycles. The van der Waals surface area contributed by atoms with Gasteiger partial charge in [0.2, 0.25) is 5.91 Å². The number of rotatable bonds is 6. The predicted octanol–water partition coefficient (Wildman–Crippen LogP) is 3.96. The van der Waals surface area contributed by atoms with Crippen LogP contribution in [-0.4, -0.2) is 41.3 Å². The molecule has 2 amide bonds. The molecule has 2 aromatic carbocycles.